The topological polar surface area (TPSA) is 89.3 Å². The number of hydrogen-bond donors (Lipinski definition) is 1. The van der Waals surface area contributed by atoms with Crippen LogP contribution in [0.5, 0.6) is 5.75 Å². The number of ether oxygens (including phenoxy) is 1. The zero-order valence-electron chi connectivity index (χ0n) is 21.9. The first-order chi connectivity index (χ1) is 19.5. The molecule has 5 aromatic rings. The van der Waals surface area contributed by atoms with E-state index < -0.39 is 23.7 Å². The lowest BCUT2D eigenvalue weighted by Crippen LogP contribution is -2.45. The van der Waals surface area contributed by atoms with Gasteiger partial charge in [-0.25, -0.2) is 9.07 Å². The quantitative estimate of drug-likeness (QED) is 0.269. The van der Waals surface area contributed by atoms with Gasteiger partial charge < -0.3 is 10.1 Å². The molecule has 1 atom stereocenters. The molecule has 0 aliphatic carbocycles. The van der Waals surface area contributed by atoms with Gasteiger partial charge in [0.15, 0.2) is 0 Å². The van der Waals surface area contributed by atoms with Gasteiger partial charge in [0.2, 0.25) is 11.8 Å². The Bertz CT molecular complexity index is 1620. The second-order valence-corrected chi connectivity index (χ2v) is 9.06. The highest BCUT2D eigenvalue weighted by atomic mass is 19.1. The highest BCUT2D eigenvalue weighted by Gasteiger charge is 2.35. The number of fused-ring (bicyclic) bond motifs is 1. The van der Waals surface area contributed by atoms with E-state index >= 15 is 4.39 Å². The molecular formula is C31H28FN5O3. The molecule has 0 spiro atoms. The maximum Gasteiger partial charge on any atom is 0.249 e. The zero-order valence-corrected chi connectivity index (χ0v) is 21.9. The van der Waals surface area contributed by atoms with Crippen molar-refractivity contribution < 1.29 is 18.7 Å². The Morgan fingerprint density at radius 1 is 0.950 bits per heavy atom. The predicted octanol–water partition coefficient (Wildman–Crippen LogP) is 5.06. The first-order valence-corrected chi connectivity index (χ1v) is 12.9. The lowest BCUT2D eigenvalue weighted by Gasteiger charge is -2.32. The number of para-hydroxylation sites is 1. The zero-order chi connectivity index (χ0) is 27.9. The lowest BCUT2D eigenvalue weighted by atomic mass is 10.0. The number of amides is 2. The number of hydrogen-bond acceptors (Lipinski definition) is 5. The summed E-state index contributed by atoms with van der Waals surface area (Å²) < 4.78 is 22.5. The highest BCUT2D eigenvalue weighted by molar-refractivity contribution is 6.01. The van der Waals surface area contributed by atoms with Crippen molar-refractivity contribution in [1.29, 1.82) is 0 Å². The van der Waals surface area contributed by atoms with Crippen LogP contribution in [-0.4, -0.2) is 33.4 Å². The largest absolute Gasteiger partial charge is 0.494 e. The van der Waals surface area contributed by atoms with Crippen molar-refractivity contribution in [3.05, 3.63) is 120 Å². The van der Waals surface area contributed by atoms with Gasteiger partial charge in [-0.05, 0) is 42.8 Å². The molecule has 0 unspecified atom stereocenters. The van der Waals surface area contributed by atoms with Crippen LogP contribution in [-0.2, 0) is 22.7 Å². The minimum Gasteiger partial charge on any atom is -0.494 e. The van der Waals surface area contributed by atoms with Crippen LogP contribution in [0.3, 0.4) is 0 Å². The molecule has 0 saturated heterocycles. The third-order valence-electron chi connectivity index (χ3n) is 6.40. The molecule has 0 bridgehead atoms. The van der Waals surface area contributed by atoms with E-state index in [1.807, 2.05) is 55.5 Å². The van der Waals surface area contributed by atoms with Crippen LogP contribution >= 0.6 is 0 Å². The van der Waals surface area contributed by atoms with Gasteiger partial charge in [-0.2, -0.15) is 0 Å². The van der Waals surface area contributed by atoms with E-state index in [0.717, 1.165) is 5.56 Å². The number of carbonyl (C=O) groups excluding carboxylic acids is 2. The van der Waals surface area contributed by atoms with Crippen molar-refractivity contribution in [2.24, 2.45) is 0 Å². The van der Waals surface area contributed by atoms with E-state index in [1.165, 1.54) is 21.7 Å². The molecule has 4 aromatic carbocycles. The SMILES string of the molecule is CCOc1cccc(N(C(=O)Cn2nnc3ccccc32)[C@@H](C(=O)NCc2ccccc2)c2ccccc2F)c1. The number of rotatable bonds is 10. The first kappa shape index (κ1) is 26.6. The molecule has 5 rings (SSSR count). The van der Waals surface area contributed by atoms with Crippen molar-refractivity contribution in [3.63, 3.8) is 0 Å². The number of anilines is 1. The fourth-order valence-corrected chi connectivity index (χ4v) is 4.54. The molecule has 9 heteroatoms. The number of nitrogens with one attached hydrogen (secondary N) is 1. The molecule has 1 aromatic heterocycles. The first-order valence-electron chi connectivity index (χ1n) is 12.9. The van der Waals surface area contributed by atoms with Crippen molar-refractivity contribution in [3.8, 4) is 5.75 Å². The molecule has 202 valence electrons. The number of aromatic nitrogens is 3. The second-order valence-electron chi connectivity index (χ2n) is 9.06. The molecule has 0 fully saturated rings. The molecule has 1 N–H and O–H groups in total. The van der Waals surface area contributed by atoms with E-state index in [0.29, 0.717) is 29.1 Å². The van der Waals surface area contributed by atoms with Crippen LogP contribution < -0.4 is 15.0 Å². The van der Waals surface area contributed by atoms with Gasteiger partial charge in [-0.15, -0.1) is 5.10 Å². The van der Waals surface area contributed by atoms with Crippen molar-refractivity contribution in [2.45, 2.75) is 26.1 Å². The lowest BCUT2D eigenvalue weighted by molar-refractivity contribution is -0.127. The monoisotopic (exact) mass is 537 g/mol. The Morgan fingerprint density at radius 2 is 1.70 bits per heavy atom. The van der Waals surface area contributed by atoms with Gasteiger partial charge in [0.1, 0.15) is 29.7 Å². The summed E-state index contributed by atoms with van der Waals surface area (Å²) in [6.07, 6.45) is 0. The van der Waals surface area contributed by atoms with Crippen LogP contribution in [0, 0.1) is 5.82 Å². The van der Waals surface area contributed by atoms with Gasteiger partial charge >= 0.3 is 0 Å². The fourth-order valence-electron chi connectivity index (χ4n) is 4.54. The normalized spacial score (nSPS) is 11.7. The van der Waals surface area contributed by atoms with Crippen molar-refractivity contribution in [2.75, 3.05) is 11.5 Å². The van der Waals surface area contributed by atoms with Gasteiger partial charge in [-0.3, -0.25) is 14.5 Å². The Kier molecular flexibility index (Phi) is 8.10. The number of carbonyl (C=O) groups is 2. The maximum atomic E-state index is 15.3. The minimum atomic E-state index is -1.32. The fraction of sp³-hybridized carbons (Fsp3) is 0.161. The van der Waals surface area contributed by atoms with E-state index in [2.05, 4.69) is 15.6 Å². The maximum absolute atomic E-state index is 15.3. The third-order valence-corrected chi connectivity index (χ3v) is 6.40. The molecule has 8 nitrogen and oxygen atoms in total. The van der Waals surface area contributed by atoms with Gasteiger partial charge in [0.25, 0.3) is 0 Å². The molecule has 0 radical (unpaired) electrons. The van der Waals surface area contributed by atoms with E-state index in [-0.39, 0.29) is 18.7 Å². The van der Waals surface area contributed by atoms with Crippen LogP contribution in [0.15, 0.2) is 103 Å². The van der Waals surface area contributed by atoms with Gasteiger partial charge in [-0.1, -0.05) is 71.9 Å². The molecule has 0 saturated carbocycles. The van der Waals surface area contributed by atoms with Crippen LogP contribution in [0.1, 0.15) is 24.1 Å². The highest BCUT2D eigenvalue weighted by Crippen LogP contribution is 2.32. The average Bonchev–Trinajstić information content (AvgIpc) is 3.38. The summed E-state index contributed by atoms with van der Waals surface area (Å²) in [5.74, 6) is -1.10. The molecule has 0 aliphatic heterocycles. The van der Waals surface area contributed by atoms with Gasteiger partial charge in [0.05, 0.1) is 12.1 Å². The third kappa shape index (κ3) is 5.83. The summed E-state index contributed by atoms with van der Waals surface area (Å²) in [4.78, 5) is 29.3. The Labute approximate surface area is 231 Å². The summed E-state index contributed by atoms with van der Waals surface area (Å²) >= 11 is 0. The summed E-state index contributed by atoms with van der Waals surface area (Å²) in [5.41, 5.74) is 2.60. The van der Waals surface area contributed by atoms with Crippen LogP contribution in [0.25, 0.3) is 11.0 Å². The van der Waals surface area contributed by atoms with Crippen LogP contribution in [0.2, 0.25) is 0 Å². The van der Waals surface area contributed by atoms with Crippen molar-refractivity contribution in [1.82, 2.24) is 20.3 Å². The second kappa shape index (κ2) is 12.2. The number of benzene rings is 4. The summed E-state index contributed by atoms with van der Waals surface area (Å²) in [7, 11) is 0. The smallest absolute Gasteiger partial charge is 0.249 e. The molecular weight excluding hydrogens is 509 g/mol. The number of nitrogens with zero attached hydrogens (tertiary/aromatic N) is 4. The Hall–Kier alpha value is -5.05. The Morgan fingerprint density at radius 3 is 2.50 bits per heavy atom. The molecule has 1 heterocycles. The van der Waals surface area contributed by atoms with E-state index in [9.17, 15) is 9.59 Å². The van der Waals surface area contributed by atoms with Crippen molar-refractivity contribution >= 4 is 28.5 Å². The Balaban J connectivity index is 1.58. The molecule has 0 aliphatic rings. The van der Waals surface area contributed by atoms with Gasteiger partial charge in [0, 0.05) is 23.9 Å². The summed E-state index contributed by atoms with van der Waals surface area (Å²) in [6, 6.07) is 28.1. The molecule has 2 amide bonds. The standard InChI is InChI=1S/C31H28FN5O3/c1-2-40-24-14-10-13-23(19-24)37(29(38)21-36-28-18-9-8-17-27(28)34-35-36)30(25-15-6-7-16-26(25)32)31(39)33-20-22-11-4-3-5-12-22/h3-19,30H,2,20-21H2,1H3,(H,33,39)/t30-/m1/s1. The molecule has 40 heavy (non-hydrogen) atoms. The number of halogens is 1. The average molecular weight is 538 g/mol. The summed E-state index contributed by atoms with van der Waals surface area (Å²) in [6.45, 7) is 2.25. The predicted molar refractivity (Wildman–Crippen MR) is 150 cm³/mol. The van der Waals surface area contributed by atoms with Crippen LogP contribution in [0.4, 0.5) is 10.1 Å². The van der Waals surface area contributed by atoms with E-state index in [4.69, 9.17) is 4.74 Å². The minimum absolute atomic E-state index is 0.0617. The summed E-state index contributed by atoms with van der Waals surface area (Å²) in [5, 5.41) is 11.2. The van der Waals surface area contributed by atoms with E-state index in [1.54, 1.807) is 42.5 Å².